The van der Waals surface area contributed by atoms with E-state index in [-0.39, 0.29) is 73.6 Å². The normalized spacial score (nSPS) is 20.4. The topological polar surface area (TPSA) is 356 Å². The number of aromatic hydroxyl groups is 2. The number of hydrogen-bond acceptors (Lipinski definition) is 14. The molecule has 7 atom stereocenters. The van der Waals surface area contributed by atoms with Gasteiger partial charge in [-0.1, -0.05) is 95.6 Å². The lowest BCUT2D eigenvalue weighted by atomic mass is 9.99. The highest BCUT2D eigenvalue weighted by molar-refractivity contribution is 8.76. The minimum absolute atomic E-state index is 0.0266. The third-order valence-electron chi connectivity index (χ3n) is 12.6. The monoisotopic (exact) mass is 1130 g/mol. The minimum Gasteiger partial charge on any atom is -0.508 e. The Balaban J connectivity index is 1.56. The van der Waals surface area contributed by atoms with Gasteiger partial charge >= 0.3 is 0 Å². The van der Waals surface area contributed by atoms with E-state index in [9.17, 15) is 53.4 Å². The maximum absolute atomic E-state index is 14.7. The number of rotatable bonds is 19. The van der Waals surface area contributed by atoms with Gasteiger partial charge in [0.25, 0.3) is 0 Å². The van der Waals surface area contributed by atoms with Crippen LogP contribution in [-0.2, 0) is 64.0 Å². The van der Waals surface area contributed by atoms with Crippen LogP contribution in [0.2, 0.25) is 5.02 Å². The van der Waals surface area contributed by atoms with Crippen LogP contribution in [0.3, 0.4) is 0 Å². The van der Waals surface area contributed by atoms with Crippen LogP contribution in [0, 0.1) is 5.92 Å². The van der Waals surface area contributed by atoms with E-state index in [0.29, 0.717) is 34.6 Å². The van der Waals surface area contributed by atoms with Crippen molar-refractivity contribution in [1.82, 2.24) is 37.2 Å². The summed E-state index contributed by atoms with van der Waals surface area (Å²) < 4.78 is 0. The molecule has 0 aliphatic carbocycles. The van der Waals surface area contributed by atoms with E-state index in [4.69, 9.17) is 28.8 Å². The van der Waals surface area contributed by atoms with Crippen molar-refractivity contribution >= 4 is 86.4 Å². The van der Waals surface area contributed by atoms with Gasteiger partial charge in [0.2, 0.25) is 53.2 Å². The number of unbranched alkanes of at least 4 members (excludes halogenated alkanes) is 1. The van der Waals surface area contributed by atoms with Gasteiger partial charge in [0.05, 0.1) is 0 Å². The molecular formula is C54H67ClN10O11S2. The molecule has 1 aliphatic heterocycles. The zero-order chi connectivity index (χ0) is 56.9. The Morgan fingerprint density at radius 1 is 0.641 bits per heavy atom. The predicted molar refractivity (Wildman–Crippen MR) is 297 cm³/mol. The van der Waals surface area contributed by atoms with Gasteiger partial charge in [0, 0.05) is 47.8 Å². The number of primary amides is 2. The molecule has 0 bridgehead atoms. The van der Waals surface area contributed by atoms with Crippen LogP contribution in [0.1, 0.15) is 72.1 Å². The summed E-state index contributed by atoms with van der Waals surface area (Å²) in [5, 5.41) is 39.5. The van der Waals surface area contributed by atoms with Crippen LogP contribution < -0.4 is 54.4 Å². The summed E-state index contributed by atoms with van der Waals surface area (Å²) in [5.74, 6) is -8.06. The Morgan fingerprint density at radius 2 is 1.15 bits per heavy atom. The van der Waals surface area contributed by atoms with Gasteiger partial charge in [0.1, 0.15) is 53.8 Å². The van der Waals surface area contributed by atoms with Crippen LogP contribution in [0.5, 0.6) is 11.5 Å². The molecule has 0 aromatic heterocycles. The Labute approximate surface area is 464 Å². The molecule has 1 unspecified atom stereocenters. The first-order valence-corrected chi connectivity index (χ1v) is 28.1. The van der Waals surface area contributed by atoms with Crippen LogP contribution in [-0.4, -0.2) is 124 Å². The third-order valence-corrected chi connectivity index (χ3v) is 15.2. The first-order valence-electron chi connectivity index (χ1n) is 25.2. The lowest BCUT2D eigenvalue weighted by Gasteiger charge is -2.29. The zero-order valence-electron chi connectivity index (χ0n) is 43.1. The summed E-state index contributed by atoms with van der Waals surface area (Å²) in [6.45, 7) is 3.57. The summed E-state index contributed by atoms with van der Waals surface area (Å²) in [6.07, 6.45) is 0.618. The number of amides is 9. The SMILES string of the molecule is CC(C)C1NC(=O)[C@H](CCCCN)NC(=O)[C@@H](Cc2ccc(C(N)=O)cc2)NC(=O)[C@H](Cc2ccc(O)cc2)NC(=O)[C@H](NC(=O)CCc2ccc(Cl)cc2)CSSC[C@@H](C(=O)N[C@H](Cc2ccc(O)cc2)C(N)=O)NC1=O. The molecular weight excluding hydrogens is 1060 g/mol. The molecule has 0 radical (unpaired) electrons. The molecule has 1 saturated heterocycles. The summed E-state index contributed by atoms with van der Waals surface area (Å²) in [5.41, 5.74) is 19.5. The minimum atomic E-state index is -1.44. The van der Waals surface area contributed by atoms with Gasteiger partial charge in [0.15, 0.2) is 0 Å². The van der Waals surface area contributed by atoms with Crippen molar-refractivity contribution in [1.29, 1.82) is 0 Å². The smallest absolute Gasteiger partial charge is 0.248 e. The molecule has 5 rings (SSSR count). The fourth-order valence-electron chi connectivity index (χ4n) is 8.09. The molecule has 4 aromatic carbocycles. The van der Waals surface area contributed by atoms with Gasteiger partial charge in [-0.25, -0.2) is 0 Å². The third kappa shape index (κ3) is 19.9. The van der Waals surface area contributed by atoms with Crippen LogP contribution in [0.25, 0.3) is 0 Å². The molecule has 0 spiro atoms. The number of nitrogens with one attached hydrogen (secondary N) is 7. The predicted octanol–water partition coefficient (Wildman–Crippen LogP) is 1.57. The molecule has 1 fully saturated rings. The second-order valence-electron chi connectivity index (χ2n) is 19.0. The number of hydrogen-bond donors (Lipinski definition) is 12. The highest BCUT2D eigenvalue weighted by atomic mass is 35.5. The number of halogens is 1. The van der Waals surface area contributed by atoms with Crippen LogP contribution in [0.15, 0.2) is 97.1 Å². The maximum atomic E-state index is 14.7. The van der Waals surface area contributed by atoms with E-state index in [0.717, 1.165) is 27.2 Å². The second kappa shape index (κ2) is 30.6. The van der Waals surface area contributed by atoms with E-state index in [2.05, 4.69) is 37.2 Å². The van der Waals surface area contributed by atoms with Gasteiger partial charge in [-0.3, -0.25) is 43.2 Å². The van der Waals surface area contributed by atoms with Gasteiger partial charge in [-0.05, 0) is 109 Å². The lowest BCUT2D eigenvalue weighted by molar-refractivity contribution is -0.136. The van der Waals surface area contributed by atoms with E-state index in [1.54, 1.807) is 50.2 Å². The summed E-state index contributed by atoms with van der Waals surface area (Å²) in [6, 6.07) is 15.1. The zero-order valence-corrected chi connectivity index (χ0v) is 45.5. The van der Waals surface area contributed by atoms with Crippen molar-refractivity contribution in [3.63, 3.8) is 0 Å². The standard InChI is InChI=1S/C54H67ClN10O11S2/c1-30(2)46-54(76)64-44(53(75)61-40(48(58)70)25-33-10-19-37(66)20-11-33)29-78-77-28-43(59-45(68)23-14-31-8-17-36(55)18-9-31)52(74)63-42(27-34-12-21-38(67)22-13-34)51(73)62-41(26-32-6-15-35(16-7-32)47(57)69)50(72)60-39(49(71)65-46)5-3-4-24-56/h6-13,15-22,30,39-44,46,66-67H,3-5,14,23-29,56H2,1-2H3,(H2,57,69)(H2,58,70)(H,59,68)(H,60,72)(H,61,75)(H,62,73)(H,63,74)(H,64,76)(H,65,71)/t39-,40+,41+,42-,43+,44-,46?/m0/s1. The fourth-order valence-corrected chi connectivity index (χ4v) is 10.5. The molecule has 1 aliphatic rings. The largest absolute Gasteiger partial charge is 0.508 e. The Hall–Kier alpha value is -7.34. The van der Waals surface area contributed by atoms with E-state index in [1.807, 2.05) is 0 Å². The van der Waals surface area contributed by atoms with E-state index in [1.165, 1.54) is 60.7 Å². The maximum Gasteiger partial charge on any atom is 0.248 e. The van der Waals surface area contributed by atoms with E-state index >= 15 is 0 Å². The number of nitrogens with two attached hydrogens (primary N) is 3. The average Bonchev–Trinajstić information content (AvgIpc) is 3.41. The molecule has 0 saturated carbocycles. The van der Waals surface area contributed by atoms with Crippen molar-refractivity contribution in [3.05, 3.63) is 130 Å². The fraction of sp³-hybridized carbons (Fsp3) is 0.389. The van der Waals surface area contributed by atoms with Gasteiger partial charge < -0.3 is 64.6 Å². The molecule has 21 nitrogen and oxygen atoms in total. The molecule has 4 aromatic rings. The first kappa shape index (κ1) is 61.5. The number of benzene rings is 4. The lowest BCUT2D eigenvalue weighted by Crippen LogP contribution is -2.61. The van der Waals surface area contributed by atoms with Crippen molar-refractivity contribution in [2.24, 2.45) is 23.1 Å². The molecule has 78 heavy (non-hydrogen) atoms. The quantitative estimate of drug-likeness (QED) is 0.0469. The van der Waals surface area contributed by atoms with Gasteiger partial charge in [-0.2, -0.15) is 0 Å². The molecule has 24 heteroatoms. The molecule has 15 N–H and O–H groups in total. The van der Waals surface area contributed by atoms with Crippen molar-refractivity contribution < 1.29 is 53.4 Å². The van der Waals surface area contributed by atoms with Crippen LogP contribution >= 0.6 is 33.2 Å². The number of phenols is 2. The van der Waals surface area contributed by atoms with Crippen molar-refractivity contribution in [2.45, 2.75) is 108 Å². The number of carbonyl (C=O) groups excluding carboxylic acids is 9. The second-order valence-corrected chi connectivity index (χ2v) is 22.0. The number of phenolic OH excluding ortho intramolecular Hbond substituents is 2. The molecule has 9 amide bonds. The van der Waals surface area contributed by atoms with Gasteiger partial charge in [-0.15, -0.1) is 0 Å². The Bertz CT molecular complexity index is 2720. The number of carbonyl (C=O) groups is 9. The number of aryl methyl sites for hydroxylation is 1. The summed E-state index contributed by atoms with van der Waals surface area (Å²) in [7, 11) is 2.08. The molecule has 418 valence electrons. The van der Waals surface area contributed by atoms with Crippen LogP contribution in [0.4, 0.5) is 0 Å². The Morgan fingerprint density at radius 3 is 1.71 bits per heavy atom. The molecule has 1 heterocycles. The van der Waals surface area contributed by atoms with Crippen molar-refractivity contribution in [2.75, 3.05) is 18.1 Å². The van der Waals surface area contributed by atoms with Crippen molar-refractivity contribution in [3.8, 4) is 11.5 Å². The average molecular weight is 1130 g/mol. The first-order chi connectivity index (χ1) is 37.2. The Kier molecular flexibility index (Phi) is 24.1. The van der Waals surface area contributed by atoms with E-state index < -0.39 is 101 Å². The highest BCUT2D eigenvalue weighted by Gasteiger charge is 2.36. The summed E-state index contributed by atoms with van der Waals surface area (Å²) >= 11 is 6.07. The summed E-state index contributed by atoms with van der Waals surface area (Å²) in [4.78, 5) is 125. The highest BCUT2D eigenvalue weighted by Crippen LogP contribution is 2.25.